The molecule has 1 aliphatic rings. The normalized spacial score (nSPS) is 16.8. The Morgan fingerprint density at radius 3 is 2.67 bits per heavy atom. The van der Waals surface area contributed by atoms with Crippen LogP contribution in [0.4, 0.5) is 11.5 Å². The van der Waals surface area contributed by atoms with Crippen LogP contribution in [0.15, 0.2) is 48.2 Å². The van der Waals surface area contributed by atoms with Crippen molar-refractivity contribution in [2.75, 3.05) is 17.4 Å². The van der Waals surface area contributed by atoms with Gasteiger partial charge in [0.2, 0.25) is 5.91 Å². The highest BCUT2D eigenvalue weighted by Crippen LogP contribution is 2.35. The number of hydrogen-bond donors (Lipinski definition) is 1. The average molecular weight is 364 g/mol. The van der Waals surface area contributed by atoms with Crippen LogP contribution in [0.5, 0.6) is 0 Å². The first-order chi connectivity index (χ1) is 13.0. The van der Waals surface area contributed by atoms with Crippen LogP contribution in [0.2, 0.25) is 0 Å². The molecule has 0 saturated heterocycles. The van der Waals surface area contributed by atoms with Crippen molar-refractivity contribution in [3.8, 4) is 0 Å². The Morgan fingerprint density at radius 1 is 1.22 bits per heavy atom. The number of fused-ring (bicyclic) bond motifs is 1. The maximum Gasteiger partial charge on any atom is 0.231 e. The van der Waals surface area contributed by atoms with E-state index >= 15 is 0 Å². The van der Waals surface area contributed by atoms with E-state index in [9.17, 15) is 4.79 Å². The molecule has 0 bridgehead atoms. The minimum atomic E-state index is -0.297. The van der Waals surface area contributed by atoms with Crippen LogP contribution in [0.3, 0.4) is 0 Å². The Kier molecular flexibility index (Phi) is 5.89. The number of carbonyl (C=O) groups excluding carboxylic acids is 1. The molecule has 0 unspecified atom stereocenters. The van der Waals surface area contributed by atoms with Gasteiger partial charge < -0.3 is 5.32 Å². The second-order valence-corrected chi connectivity index (χ2v) is 7.55. The van der Waals surface area contributed by atoms with Gasteiger partial charge in [0.1, 0.15) is 5.82 Å². The Bertz CT molecular complexity index is 851. The molecule has 0 spiro atoms. The van der Waals surface area contributed by atoms with E-state index in [1.807, 2.05) is 31.3 Å². The molecule has 0 radical (unpaired) electrons. The lowest BCUT2D eigenvalue weighted by Gasteiger charge is -2.26. The molecule has 0 atom stereocenters. The molecule has 0 aliphatic heterocycles. The van der Waals surface area contributed by atoms with Crippen molar-refractivity contribution in [2.24, 2.45) is 10.5 Å². The summed E-state index contributed by atoms with van der Waals surface area (Å²) in [5, 5.41) is 11.2. The van der Waals surface area contributed by atoms with Crippen LogP contribution in [0.25, 0.3) is 10.8 Å². The van der Waals surface area contributed by atoms with E-state index in [2.05, 4.69) is 28.9 Å². The number of pyridine rings is 1. The first-order valence-corrected chi connectivity index (χ1v) is 9.62. The number of nitrogens with zero attached hydrogens (tertiary/aromatic N) is 3. The summed E-state index contributed by atoms with van der Waals surface area (Å²) in [5.74, 6) is 0.687. The third kappa shape index (κ3) is 4.54. The summed E-state index contributed by atoms with van der Waals surface area (Å²) < 4.78 is 0. The van der Waals surface area contributed by atoms with E-state index in [4.69, 9.17) is 0 Å². The molecular weight excluding hydrogens is 336 g/mol. The summed E-state index contributed by atoms with van der Waals surface area (Å²) >= 11 is 0. The van der Waals surface area contributed by atoms with Crippen molar-refractivity contribution in [1.29, 1.82) is 0 Å². The van der Waals surface area contributed by atoms with Gasteiger partial charge in [-0.2, -0.15) is 5.10 Å². The van der Waals surface area contributed by atoms with Crippen LogP contribution in [0.1, 0.15) is 45.4 Å². The molecule has 1 N–H and O–H groups in total. The quantitative estimate of drug-likeness (QED) is 0.454. The van der Waals surface area contributed by atoms with Gasteiger partial charge in [0, 0.05) is 30.3 Å². The largest absolute Gasteiger partial charge is 0.310 e. The highest BCUT2D eigenvalue weighted by molar-refractivity contribution is 5.96. The fraction of sp³-hybridized carbons (Fsp3) is 0.409. The summed E-state index contributed by atoms with van der Waals surface area (Å²) in [5.41, 5.74) is 0.661. The van der Waals surface area contributed by atoms with Crippen molar-refractivity contribution >= 4 is 34.4 Å². The maximum atomic E-state index is 12.9. The van der Waals surface area contributed by atoms with Gasteiger partial charge in [-0.3, -0.25) is 9.80 Å². The zero-order chi connectivity index (χ0) is 19.3. The Morgan fingerprint density at radius 2 is 1.96 bits per heavy atom. The molecule has 1 aromatic heterocycles. The summed E-state index contributed by atoms with van der Waals surface area (Å²) in [6.45, 7) is 5.72. The highest BCUT2D eigenvalue weighted by atomic mass is 16.2. The maximum absolute atomic E-state index is 12.9. The Hall–Kier alpha value is -2.69. The smallest absolute Gasteiger partial charge is 0.231 e. The molecule has 5 heteroatoms. The van der Waals surface area contributed by atoms with Gasteiger partial charge in [-0.1, -0.05) is 45.3 Å². The molecular formula is C22H28N4O. The van der Waals surface area contributed by atoms with E-state index in [0.29, 0.717) is 5.82 Å². The van der Waals surface area contributed by atoms with Crippen LogP contribution >= 0.6 is 0 Å². The first kappa shape index (κ1) is 19.1. The predicted octanol–water partition coefficient (Wildman–Crippen LogP) is 5.14. The zero-order valence-corrected chi connectivity index (χ0v) is 16.2. The molecule has 2 aromatic rings. The predicted molar refractivity (Wildman–Crippen MR) is 113 cm³/mol. The van der Waals surface area contributed by atoms with Gasteiger partial charge in [0.15, 0.2) is 0 Å². The number of hydrogen-bond acceptors (Lipinski definition) is 4. The highest BCUT2D eigenvalue weighted by Gasteiger charge is 2.33. The summed E-state index contributed by atoms with van der Waals surface area (Å²) in [7, 11) is 1.89. The molecule has 1 fully saturated rings. The molecule has 3 rings (SSSR count). The van der Waals surface area contributed by atoms with Crippen molar-refractivity contribution in [1.82, 2.24) is 4.98 Å². The molecule has 142 valence electrons. The minimum Gasteiger partial charge on any atom is -0.310 e. The summed E-state index contributed by atoms with van der Waals surface area (Å²) in [4.78, 5) is 17.3. The first-order valence-electron chi connectivity index (χ1n) is 9.62. The second-order valence-electron chi connectivity index (χ2n) is 7.55. The Balaban J connectivity index is 1.81. The molecule has 5 nitrogen and oxygen atoms in total. The van der Waals surface area contributed by atoms with Gasteiger partial charge in [0.05, 0.1) is 5.69 Å². The van der Waals surface area contributed by atoms with Gasteiger partial charge in [-0.25, -0.2) is 4.98 Å². The lowest BCUT2D eigenvalue weighted by Crippen LogP contribution is -2.33. The van der Waals surface area contributed by atoms with Gasteiger partial charge >= 0.3 is 0 Å². The number of amides is 1. The number of rotatable bonds is 5. The number of benzene rings is 1. The molecule has 1 heterocycles. The number of allylic oxidation sites excluding steroid dienone is 1. The zero-order valence-electron chi connectivity index (χ0n) is 16.2. The van der Waals surface area contributed by atoms with Crippen LogP contribution in [0, 0.1) is 5.41 Å². The third-order valence-electron chi connectivity index (χ3n) is 5.42. The monoisotopic (exact) mass is 364 g/mol. The van der Waals surface area contributed by atoms with Gasteiger partial charge in [-0.15, -0.1) is 0 Å². The number of nitrogens with one attached hydrogen (secondary N) is 1. The Labute approximate surface area is 161 Å². The minimum absolute atomic E-state index is 0.0834. The van der Waals surface area contributed by atoms with Crippen LogP contribution in [-0.2, 0) is 4.79 Å². The lowest BCUT2D eigenvalue weighted by atomic mass is 9.81. The number of anilines is 2. The molecule has 1 amide bonds. The second kappa shape index (κ2) is 8.33. The number of carbonyl (C=O) groups is 1. The average Bonchev–Trinajstić information content (AvgIpc) is 2.91. The molecule has 1 saturated carbocycles. The summed E-state index contributed by atoms with van der Waals surface area (Å²) in [6, 6.07) is 7.98. The molecule has 1 aromatic carbocycles. The van der Waals surface area contributed by atoms with Crippen molar-refractivity contribution in [2.45, 2.75) is 45.4 Å². The topological polar surface area (TPSA) is 57.6 Å². The summed E-state index contributed by atoms with van der Waals surface area (Å²) in [6.07, 6.45) is 11.7. The van der Waals surface area contributed by atoms with Gasteiger partial charge in [0.25, 0.3) is 0 Å². The molecule has 1 aliphatic carbocycles. The van der Waals surface area contributed by atoms with E-state index in [0.717, 1.165) is 42.1 Å². The fourth-order valence-electron chi connectivity index (χ4n) is 3.61. The van der Waals surface area contributed by atoms with Crippen molar-refractivity contribution in [3.63, 3.8) is 0 Å². The third-order valence-corrected chi connectivity index (χ3v) is 5.42. The van der Waals surface area contributed by atoms with Gasteiger partial charge in [-0.05, 0) is 42.5 Å². The fourth-order valence-corrected chi connectivity index (χ4v) is 3.61. The van der Waals surface area contributed by atoms with E-state index in [1.165, 1.54) is 12.8 Å². The number of aromatic nitrogens is 1. The van der Waals surface area contributed by atoms with E-state index in [1.54, 1.807) is 23.5 Å². The van der Waals surface area contributed by atoms with Crippen molar-refractivity contribution < 1.29 is 4.79 Å². The van der Waals surface area contributed by atoms with Crippen molar-refractivity contribution in [3.05, 3.63) is 43.1 Å². The van der Waals surface area contributed by atoms with Crippen LogP contribution < -0.4 is 10.3 Å². The number of hydrazone groups is 1. The standard InChI is InChI=1S/C22H28N4O/c1-4-13-24-26(3)19-10-9-17-16-23-20(15-18(17)14-19)25-21(27)22(2)11-7-5-6-8-12-22/h4,9-10,13-16H,1,5-8,11-12H2,2-3H3,(H,23,25,27)/b24-13-. The van der Waals surface area contributed by atoms with E-state index in [-0.39, 0.29) is 11.3 Å². The van der Waals surface area contributed by atoms with Crippen LogP contribution in [-0.4, -0.2) is 24.2 Å². The van der Waals surface area contributed by atoms with E-state index < -0.39 is 0 Å². The lowest BCUT2D eigenvalue weighted by molar-refractivity contribution is -0.125. The SMILES string of the molecule is C=C/C=N\N(C)c1ccc2cnc(NC(=O)C3(C)CCCCCC3)cc2c1. The molecule has 27 heavy (non-hydrogen) atoms.